The molecule has 5 nitrogen and oxygen atoms in total. The fourth-order valence-electron chi connectivity index (χ4n) is 2.65. The number of aliphatic imine (C=N–C) groups is 1. The molecule has 0 spiro atoms. The van der Waals surface area contributed by atoms with E-state index in [-0.39, 0.29) is 24.0 Å². The third kappa shape index (κ3) is 5.98. The van der Waals surface area contributed by atoms with E-state index in [0.717, 1.165) is 18.1 Å². The van der Waals surface area contributed by atoms with Crippen molar-refractivity contribution < 1.29 is 4.74 Å². The van der Waals surface area contributed by atoms with Crippen LogP contribution in [0.2, 0.25) is 0 Å². The number of hydrogen-bond donors (Lipinski definition) is 2. The molecule has 1 aliphatic rings. The molecule has 124 valence electrons. The molecule has 0 amide bonds. The van der Waals surface area contributed by atoms with Crippen molar-refractivity contribution in [1.82, 2.24) is 15.6 Å². The number of ether oxygens (including phenoxy) is 1. The number of pyridine rings is 1. The fourth-order valence-corrected chi connectivity index (χ4v) is 2.65. The van der Waals surface area contributed by atoms with Crippen LogP contribution in [0.1, 0.15) is 44.6 Å². The van der Waals surface area contributed by atoms with Gasteiger partial charge >= 0.3 is 0 Å². The van der Waals surface area contributed by atoms with Crippen molar-refractivity contribution in [2.75, 3.05) is 13.7 Å². The summed E-state index contributed by atoms with van der Waals surface area (Å²) in [6.45, 7) is 3.52. The highest BCUT2D eigenvalue weighted by Gasteiger charge is 2.14. The van der Waals surface area contributed by atoms with Crippen molar-refractivity contribution in [3.8, 4) is 5.88 Å². The van der Waals surface area contributed by atoms with Crippen LogP contribution >= 0.6 is 24.0 Å². The average Bonchev–Trinajstić information content (AvgIpc) is 2.54. The highest BCUT2D eigenvalue weighted by molar-refractivity contribution is 14.0. The van der Waals surface area contributed by atoms with Crippen LogP contribution in [0.25, 0.3) is 0 Å². The fraction of sp³-hybridized carbons (Fsp3) is 0.625. The molecule has 22 heavy (non-hydrogen) atoms. The van der Waals surface area contributed by atoms with E-state index < -0.39 is 0 Å². The number of nitrogens with one attached hydrogen (secondary N) is 2. The largest absolute Gasteiger partial charge is 0.481 e. The zero-order valence-electron chi connectivity index (χ0n) is 13.5. The first kappa shape index (κ1) is 19.0. The molecular formula is C16H27IN4O. The molecule has 1 aromatic heterocycles. The van der Waals surface area contributed by atoms with Crippen molar-refractivity contribution in [2.24, 2.45) is 4.99 Å². The van der Waals surface area contributed by atoms with Gasteiger partial charge < -0.3 is 15.4 Å². The maximum atomic E-state index is 5.27. The second-order valence-corrected chi connectivity index (χ2v) is 5.35. The molecule has 1 aliphatic carbocycles. The van der Waals surface area contributed by atoms with Gasteiger partial charge in [0.2, 0.25) is 5.88 Å². The highest BCUT2D eigenvalue weighted by Crippen LogP contribution is 2.17. The molecule has 0 unspecified atom stereocenters. The van der Waals surface area contributed by atoms with Crippen LogP contribution in [-0.4, -0.2) is 30.6 Å². The minimum Gasteiger partial charge on any atom is -0.481 e. The van der Waals surface area contributed by atoms with E-state index in [4.69, 9.17) is 4.74 Å². The van der Waals surface area contributed by atoms with Crippen molar-refractivity contribution in [3.63, 3.8) is 0 Å². The van der Waals surface area contributed by atoms with E-state index in [0.29, 0.717) is 18.5 Å². The van der Waals surface area contributed by atoms with Crippen LogP contribution in [0, 0.1) is 0 Å². The van der Waals surface area contributed by atoms with Gasteiger partial charge in [-0.2, -0.15) is 0 Å². The molecule has 0 bridgehead atoms. The van der Waals surface area contributed by atoms with Crippen LogP contribution < -0.4 is 15.4 Å². The second-order valence-electron chi connectivity index (χ2n) is 5.35. The monoisotopic (exact) mass is 418 g/mol. The summed E-state index contributed by atoms with van der Waals surface area (Å²) in [5.41, 5.74) is 1.00. The topological polar surface area (TPSA) is 58.5 Å². The first-order chi connectivity index (χ1) is 10.3. The maximum absolute atomic E-state index is 5.27. The average molecular weight is 418 g/mol. The zero-order valence-corrected chi connectivity index (χ0v) is 15.8. The molecule has 0 radical (unpaired) electrons. The van der Waals surface area contributed by atoms with Gasteiger partial charge in [0.05, 0.1) is 13.7 Å². The SMILES string of the molecule is CCNC(=NCc1cccnc1OC)NC1CCCCC1.I. The van der Waals surface area contributed by atoms with Gasteiger partial charge in [0.15, 0.2) is 5.96 Å². The minimum atomic E-state index is 0. The lowest BCUT2D eigenvalue weighted by atomic mass is 9.96. The summed E-state index contributed by atoms with van der Waals surface area (Å²) in [7, 11) is 1.64. The Morgan fingerprint density at radius 2 is 2.14 bits per heavy atom. The Morgan fingerprint density at radius 3 is 2.82 bits per heavy atom. The van der Waals surface area contributed by atoms with Crippen molar-refractivity contribution >= 4 is 29.9 Å². The summed E-state index contributed by atoms with van der Waals surface area (Å²) < 4.78 is 5.27. The number of hydrogen-bond acceptors (Lipinski definition) is 3. The predicted molar refractivity (Wildman–Crippen MR) is 101 cm³/mol. The quantitative estimate of drug-likeness (QED) is 0.439. The number of nitrogens with zero attached hydrogens (tertiary/aromatic N) is 2. The van der Waals surface area contributed by atoms with E-state index in [2.05, 4.69) is 27.5 Å². The van der Waals surface area contributed by atoms with Gasteiger partial charge in [0.25, 0.3) is 0 Å². The third-order valence-electron chi connectivity index (χ3n) is 3.74. The standard InChI is InChI=1S/C16H26N4O.HI/c1-3-17-16(20-14-9-5-4-6-10-14)19-12-13-8-7-11-18-15(13)21-2;/h7-8,11,14H,3-6,9-10,12H2,1-2H3,(H2,17,19,20);1H. The van der Waals surface area contributed by atoms with Crippen LogP contribution in [0.3, 0.4) is 0 Å². The van der Waals surface area contributed by atoms with Gasteiger partial charge in [0, 0.05) is 24.3 Å². The van der Waals surface area contributed by atoms with Gasteiger partial charge in [-0.05, 0) is 25.8 Å². The summed E-state index contributed by atoms with van der Waals surface area (Å²) in [4.78, 5) is 8.87. The molecule has 1 heterocycles. The van der Waals surface area contributed by atoms with Crippen LogP contribution in [0.15, 0.2) is 23.3 Å². The summed E-state index contributed by atoms with van der Waals surface area (Å²) in [6, 6.07) is 4.46. The number of guanidine groups is 1. The molecule has 2 rings (SSSR count). The third-order valence-corrected chi connectivity index (χ3v) is 3.74. The molecule has 1 fully saturated rings. The van der Waals surface area contributed by atoms with E-state index in [1.807, 2.05) is 12.1 Å². The Bertz CT molecular complexity index is 461. The van der Waals surface area contributed by atoms with E-state index in [9.17, 15) is 0 Å². The number of methoxy groups -OCH3 is 1. The Labute approximate surface area is 150 Å². The molecule has 2 N–H and O–H groups in total. The normalized spacial score (nSPS) is 15.8. The Kier molecular flexibility index (Phi) is 9.19. The number of rotatable bonds is 5. The van der Waals surface area contributed by atoms with E-state index in [1.54, 1.807) is 13.3 Å². The van der Waals surface area contributed by atoms with Gasteiger partial charge in [-0.1, -0.05) is 25.3 Å². The number of halogens is 1. The van der Waals surface area contributed by atoms with E-state index >= 15 is 0 Å². The first-order valence-corrected chi connectivity index (χ1v) is 7.86. The molecule has 1 aromatic rings. The molecule has 0 aromatic carbocycles. The summed E-state index contributed by atoms with van der Waals surface area (Å²) in [5.74, 6) is 1.53. The Hall–Kier alpha value is -1.05. The highest BCUT2D eigenvalue weighted by atomic mass is 127. The van der Waals surface area contributed by atoms with Crippen molar-refractivity contribution in [2.45, 2.75) is 51.6 Å². The summed E-state index contributed by atoms with van der Waals surface area (Å²) in [5, 5.41) is 6.86. The van der Waals surface area contributed by atoms with Gasteiger partial charge in [-0.25, -0.2) is 9.98 Å². The first-order valence-electron chi connectivity index (χ1n) is 7.86. The smallest absolute Gasteiger partial charge is 0.218 e. The molecule has 0 atom stereocenters. The Balaban J connectivity index is 0.00000242. The summed E-state index contributed by atoms with van der Waals surface area (Å²) >= 11 is 0. The number of aromatic nitrogens is 1. The zero-order chi connectivity index (χ0) is 14.9. The lowest BCUT2D eigenvalue weighted by Gasteiger charge is -2.24. The lowest BCUT2D eigenvalue weighted by molar-refractivity contribution is 0.392. The van der Waals surface area contributed by atoms with Crippen LogP contribution in [0.5, 0.6) is 5.88 Å². The minimum absolute atomic E-state index is 0. The Morgan fingerprint density at radius 1 is 1.36 bits per heavy atom. The van der Waals surface area contributed by atoms with E-state index in [1.165, 1.54) is 32.1 Å². The second kappa shape index (κ2) is 10.6. The van der Waals surface area contributed by atoms with Crippen molar-refractivity contribution in [3.05, 3.63) is 23.9 Å². The molecule has 1 saturated carbocycles. The van der Waals surface area contributed by atoms with Gasteiger partial charge in [0.1, 0.15) is 0 Å². The van der Waals surface area contributed by atoms with Gasteiger partial charge in [-0.3, -0.25) is 0 Å². The van der Waals surface area contributed by atoms with Crippen LogP contribution in [0.4, 0.5) is 0 Å². The van der Waals surface area contributed by atoms with Gasteiger partial charge in [-0.15, -0.1) is 24.0 Å². The van der Waals surface area contributed by atoms with Crippen LogP contribution in [-0.2, 0) is 6.54 Å². The maximum Gasteiger partial charge on any atom is 0.218 e. The molecular weight excluding hydrogens is 391 g/mol. The van der Waals surface area contributed by atoms with Crippen molar-refractivity contribution in [1.29, 1.82) is 0 Å². The summed E-state index contributed by atoms with van der Waals surface area (Å²) in [6.07, 6.45) is 8.19. The molecule has 0 saturated heterocycles. The molecule has 6 heteroatoms. The lowest BCUT2D eigenvalue weighted by Crippen LogP contribution is -2.44. The predicted octanol–water partition coefficient (Wildman–Crippen LogP) is 3.10. The molecule has 0 aliphatic heterocycles.